The lowest BCUT2D eigenvalue weighted by atomic mass is 9.87. The van der Waals surface area contributed by atoms with Crippen molar-refractivity contribution in [2.45, 2.75) is 57.3 Å². The van der Waals surface area contributed by atoms with Crippen molar-refractivity contribution in [1.29, 1.82) is 0 Å². The maximum Gasteiger partial charge on any atom is 0.00893 e. The summed E-state index contributed by atoms with van der Waals surface area (Å²) in [5.41, 5.74) is 2.91. The molecule has 0 heterocycles. The highest BCUT2D eigenvalue weighted by molar-refractivity contribution is 9.09. The number of benzene rings is 2. The van der Waals surface area contributed by atoms with Gasteiger partial charge in [-0.05, 0) is 24.0 Å². The van der Waals surface area contributed by atoms with Crippen LogP contribution >= 0.6 is 15.9 Å². The Hall–Kier alpha value is -1.08. The summed E-state index contributed by atoms with van der Waals surface area (Å²) in [7, 11) is 0. The van der Waals surface area contributed by atoms with E-state index in [9.17, 15) is 0 Å². The zero-order chi connectivity index (χ0) is 16.2. The van der Waals surface area contributed by atoms with Crippen LogP contribution in [0.2, 0.25) is 0 Å². The molecule has 0 aliphatic carbocycles. The third-order valence-corrected chi connectivity index (χ3v) is 5.09. The fourth-order valence-corrected chi connectivity index (χ4v) is 3.62. The second-order valence-electron chi connectivity index (χ2n) is 6.33. The lowest BCUT2D eigenvalue weighted by molar-refractivity contribution is 0.560. The summed E-state index contributed by atoms with van der Waals surface area (Å²) in [6.45, 7) is 0. The third kappa shape index (κ3) is 6.91. The molecule has 124 valence electrons. The van der Waals surface area contributed by atoms with Crippen molar-refractivity contribution in [2.75, 3.05) is 5.33 Å². The molecule has 0 aromatic heterocycles. The van der Waals surface area contributed by atoms with Gasteiger partial charge in [0, 0.05) is 11.2 Å². The smallest absolute Gasteiger partial charge is 0.00893 e. The molecule has 0 amide bonds. The average Bonchev–Trinajstić information content (AvgIpc) is 2.62. The van der Waals surface area contributed by atoms with Crippen LogP contribution in [0.5, 0.6) is 0 Å². The Morgan fingerprint density at radius 3 is 1.48 bits per heavy atom. The normalized spacial score (nSPS) is 11.0. The number of hydrogen-bond donors (Lipinski definition) is 0. The van der Waals surface area contributed by atoms with E-state index in [1.165, 1.54) is 62.5 Å². The van der Waals surface area contributed by atoms with Crippen molar-refractivity contribution in [2.24, 2.45) is 0 Å². The maximum atomic E-state index is 3.50. The molecule has 0 unspecified atom stereocenters. The highest BCUT2D eigenvalue weighted by Crippen LogP contribution is 2.29. The van der Waals surface area contributed by atoms with Gasteiger partial charge in [0.2, 0.25) is 0 Å². The van der Waals surface area contributed by atoms with Gasteiger partial charge >= 0.3 is 0 Å². The number of hydrogen-bond acceptors (Lipinski definition) is 0. The third-order valence-electron chi connectivity index (χ3n) is 4.53. The van der Waals surface area contributed by atoms with Gasteiger partial charge in [0.15, 0.2) is 0 Å². The van der Waals surface area contributed by atoms with Gasteiger partial charge < -0.3 is 0 Å². The summed E-state index contributed by atoms with van der Waals surface area (Å²) in [6.07, 6.45) is 10.8. The van der Waals surface area contributed by atoms with Gasteiger partial charge in [-0.25, -0.2) is 0 Å². The molecule has 0 radical (unpaired) electrons. The Kier molecular flexibility index (Phi) is 9.09. The fraction of sp³-hybridized carbons (Fsp3) is 0.455. The topological polar surface area (TPSA) is 0 Å². The molecule has 0 N–H and O–H groups in total. The van der Waals surface area contributed by atoms with E-state index in [-0.39, 0.29) is 0 Å². The first-order valence-corrected chi connectivity index (χ1v) is 10.2. The van der Waals surface area contributed by atoms with Crippen LogP contribution in [-0.4, -0.2) is 5.33 Å². The fourth-order valence-electron chi connectivity index (χ4n) is 3.22. The Labute approximate surface area is 150 Å². The molecule has 2 rings (SSSR count). The summed E-state index contributed by atoms with van der Waals surface area (Å²) >= 11 is 3.50. The van der Waals surface area contributed by atoms with Crippen LogP contribution in [0.4, 0.5) is 0 Å². The number of halogens is 1. The minimum Gasteiger partial charge on any atom is -0.0928 e. The molecule has 0 saturated heterocycles. The molecule has 0 nitrogen and oxygen atoms in total. The number of rotatable bonds is 11. The summed E-state index contributed by atoms with van der Waals surface area (Å²) < 4.78 is 0. The molecule has 0 spiro atoms. The van der Waals surface area contributed by atoms with Crippen LogP contribution in [-0.2, 0) is 0 Å². The molecule has 23 heavy (non-hydrogen) atoms. The highest BCUT2D eigenvalue weighted by Gasteiger charge is 2.13. The van der Waals surface area contributed by atoms with E-state index in [1.807, 2.05) is 0 Å². The van der Waals surface area contributed by atoms with Gasteiger partial charge in [-0.3, -0.25) is 0 Å². The predicted molar refractivity (Wildman–Crippen MR) is 105 cm³/mol. The minimum atomic E-state index is 0.547. The predicted octanol–water partition coefficient (Wildman–Crippen LogP) is 7.33. The van der Waals surface area contributed by atoms with E-state index < -0.39 is 0 Å². The van der Waals surface area contributed by atoms with Crippen LogP contribution in [0.25, 0.3) is 0 Å². The van der Waals surface area contributed by atoms with Gasteiger partial charge in [-0.1, -0.05) is 115 Å². The van der Waals surface area contributed by atoms with Crippen LogP contribution in [0, 0.1) is 0 Å². The second-order valence-corrected chi connectivity index (χ2v) is 7.12. The van der Waals surface area contributed by atoms with Gasteiger partial charge in [0.05, 0.1) is 0 Å². The van der Waals surface area contributed by atoms with E-state index in [1.54, 1.807) is 0 Å². The van der Waals surface area contributed by atoms with Crippen molar-refractivity contribution in [3.63, 3.8) is 0 Å². The van der Waals surface area contributed by atoms with Crippen molar-refractivity contribution < 1.29 is 0 Å². The van der Waals surface area contributed by atoms with Crippen molar-refractivity contribution in [3.8, 4) is 0 Å². The molecule has 0 aliphatic rings. The minimum absolute atomic E-state index is 0.547. The molecule has 0 atom stereocenters. The van der Waals surface area contributed by atoms with Crippen LogP contribution in [0.1, 0.15) is 68.4 Å². The van der Waals surface area contributed by atoms with Gasteiger partial charge in [-0.15, -0.1) is 0 Å². The maximum absolute atomic E-state index is 3.50. The number of alkyl halides is 1. The molecule has 0 aliphatic heterocycles. The first-order chi connectivity index (χ1) is 11.4. The number of unbranched alkanes of at least 4 members (excludes halogenated alkanes) is 6. The lowest BCUT2D eigenvalue weighted by Crippen LogP contribution is -2.01. The molecule has 0 bridgehead atoms. The zero-order valence-corrected chi connectivity index (χ0v) is 15.7. The first kappa shape index (κ1) is 18.3. The van der Waals surface area contributed by atoms with Crippen molar-refractivity contribution in [3.05, 3.63) is 71.8 Å². The summed E-state index contributed by atoms with van der Waals surface area (Å²) in [4.78, 5) is 0. The Balaban J connectivity index is 1.80. The summed E-state index contributed by atoms with van der Waals surface area (Å²) in [6, 6.07) is 22.0. The SMILES string of the molecule is BrCCCCCCCCCC(c1ccccc1)c1ccccc1. The van der Waals surface area contributed by atoms with Crippen LogP contribution in [0.3, 0.4) is 0 Å². The average molecular weight is 373 g/mol. The molecule has 2 aromatic rings. The van der Waals surface area contributed by atoms with Gasteiger partial charge in [0.1, 0.15) is 0 Å². The standard InChI is InChI=1S/C22H29Br/c23-19-13-5-3-1-2-4-12-18-22(20-14-8-6-9-15-20)21-16-10-7-11-17-21/h6-11,14-17,22H,1-5,12-13,18-19H2. The van der Waals surface area contributed by atoms with E-state index in [0.29, 0.717) is 5.92 Å². The van der Waals surface area contributed by atoms with Crippen LogP contribution < -0.4 is 0 Å². The second kappa shape index (κ2) is 11.5. The van der Waals surface area contributed by atoms with E-state index in [0.717, 1.165) is 5.33 Å². The van der Waals surface area contributed by atoms with E-state index in [4.69, 9.17) is 0 Å². The Morgan fingerprint density at radius 1 is 0.565 bits per heavy atom. The molecule has 0 fully saturated rings. The largest absolute Gasteiger partial charge is 0.0928 e. The molecule has 1 heteroatoms. The van der Waals surface area contributed by atoms with Gasteiger partial charge in [-0.2, -0.15) is 0 Å². The van der Waals surface area contributed by atoms with Crippen LogP contribution in [0.15, 0.2) is 60.7 Å². The monoisotopic (exact) mass is 372 g/mol. The molecular weight excluding hydrogens is 344 g/mol. The molecule has 2 aromatic carbocycles. The molecule has 0 saturated carbocycles. The quantitative estimate of drug-likeness (QED) is 0.286. The summed E-state index contributed by atoms with van der Waals surface area (Å²) in [5.74, 6) is 0.547. The molecular formula is C22H29Br. The zero-order valence-electron chi connectivity index (χ0n) is 14.1. The van der Waals surface area contributed by atoms with Crippen molar-refractivity contribution >= 4 is 15.9 Å². The van der Waals surface area contributed by atoms with Gasteiger partial charge in [0.25, 0.3) is 0 Å². The Bertz CT molecular complexity index is 467. The highest BCUT2D eigenvalue weighted by atomic mass is 79.9. The van der Waals surface area contributed by atoms with Crippen molar-refractivity contribution in [1.82, 2.24) is 0 Å². The summed E-state index contributed by atoms with van der Waals surface area (Å²) in [5, 5.41) is 1.16. The van der Waals surface area contributed by atoms with E-state index >= 15 is 0 Å². The lowest BCUT2D eigenvalue weighted by Gasteiger charge is -2.18. The Morgan fingerprint density at radius 2 is 1.00 bits per heavy atom. The van der Waals surface area contributed by atoms with E-state index in [2.05, 4.69) is 76.6 Å². The first-order valence-electron chi connectivity index (χ1n) is 9.07.